The van der Waals surface area contributed by atoms with Crippen molar-refractivity contribution in [1.29, 1.82) is 0 Å². The number of rotatable bonds is 5. The number of benzene rings is 1. The van der Waals surface area contributed by atoms with Crippen LogP contribution in [0.25, 0.3) is 0 Å². The standard InChI is InChI=1S/C12H15BrCl2O/c1-8(2)9(6-13)7-16-12-5-10(14)3-4-11(12)15/h3-5,8-9H,6-7H2,1-2H3. The van der Waals surface area contributed by atoms with Crippen molar-refractivity contribution in [2.75, 3.05) is 11.9 Å². The fraction of sp³-hybridized carbons (Fsp3) is 0.500. The molecule has 0 N–H and O–H groups in total. The van der Waals surface area contributed by atoms with Crippen LogP contribution in [-0.2, 0) is 0 Å². The molecule has 1 atom stereocenters. The summed E-state index contributed by atoms with van der Waals surface area (Å²) >= 11 is 15.4. The van der Waals surface area contributed by atoms with E-state index in [4.69, 9.17) is 27.9 Å². The minimum Gasteiger partial charge on any atom is -0.492 e. The predicted octanol–water partition coefficient (Wildman–Crippen LogP) is 5.04. The molecule has 1 unspecified atom stereocenters. The van der Waals surface area contributed by atoms with Crippen LogP contribution in [0.4, 0.5) is 0 Å². The summed E-state index contributed by atoms with van der Waals surface area (Å²) < 4.78 is 5.69. The molecule has 0 heterocycles. The van der Waals surface area contributed by atoms with E-state index in [1.165, 1.54) is 0 Å². The molecule has 0 aromatic heterocycles. The monoisotopic (exact) mass is 324 g/mol. The van der Waals surface area contributed by atoms with Gasteiger partial charge in [-0.1, -0.05) is 53.0 Å². The first-order valence-electron chi connectivity index (χ1n) is 5.18. The second-order valence-corrected chi connectivity index (χ2v) is 5.54. The normalized spacial score (nSPS) is 12.9. The number of alkyl halides is 1. The maximum atomic E-state index is 6.01. The highest BCUT2D eigenvalue weighted by Gasteiger charge is 2.13. The lowest BCUT2D eigenvalue weighted by Crippen LogP contribution is -2.19. The number of ether oxygens (including phenoxy) is 1. The van der Waals surface area contributed by atoms with E-state index < -0.39 is 0 Å². The van der Waals surface area contributed by atoms with Crippen molar-refractivity contribution in [3.63, 3.8) is 0 Å². The van der Waals surface area contributed by atoms with E-state index in [1.807, 2.05) is 0 Å². The van der Waals surface area contributed by atoms with Crippen LogP contribution in [0.5, 0.6) is 5.75 Å². The van der Waals surface area contributed by atoms with Gasteiger partial charge in [-0.05, 0) is 18.1 Å². The Balaban J connectivity index is 2.63. The van der Waals surface area contributed by atoms with Gasteiger partial charge in [-0.15, -0.1) is 0 Å². The van der Waals surface area contributed by atoms with E-state index >= 15 is 0 Å². The molecule has 0 aliphatic rings. The Labute approximate surface area is 115 Å². The summed E-state index contributed by atoms with van der Waals surface area (Å²) in [6.07, 6.45) is 0. The summed E-state index contributed by atoms with van der Waals surface area (Å²) in [5.74, 6) is 1.69. The van der Waals surface area contributed by atoms with Gasteiger partial charge in [0.2, 0.25) is 0 Å². The van der Waals surface area contributed by atoms with E-state index in [2.05, 4.69) is 29.8 Å². The van der Waals surface area contributed by atoms with Crippen molar-refractivity contribution in [2.24, 2.45) is 11.8 Å². The van der Waals surface area contributed by atoms with Gasteiger partial charge in [-0.25, -0.2) is 0 Å². The molecule has 0 spiro atoms. The first-order chi connectivity index (χ1) is 7.54. The Morgan fingerprint density at radius 3 is 2.56 bits per heavy atom. The van der Waals surface area contributed by atoms with Crippen molar-refractivity contribution in [3.05, 3.63) is 28.2 Å². The fourth-order valence-electron chi connectivity index (χ4n) is 1.20. The second kappa shape index (κ2) is 6.73. The zero-order valence-electron chi connectivity index (χ0n) is 9.34. The van der Waals surface area contributed by atoms with Gasteiger partial charge < -0.3 is 4.74 Å². The summed E-state index contributed by atoms with van der Waals surface area (Å²) in [7, 11) is 0. The lowest BCUT2D eigenvalue weighted by molar-refractivity contribution is 0.228. The number of hydrogen-bond acceptors (Lipinski definition) is 1. The van der Waals surface area contributed by atoms with Gasteiger partial charge in [0.05, 0.1) is 11.6 Å². The van der Waals surface area contributed by atoms with Crippen LogP contribution in [0.3, 0.4) is 0 Å². The third kappa shape index (κ3) is 4.15. The molecule has 1 aromatic rings. The first-order valence-corrected chi connectivity index (χ1v) is 7.06. The molecule has 1 nitrogen and oxygen atoms in total. The largest absolute Gasteiger partial charge is 0.492 e. The molecule has 0 saturated heterocycles. The van der Waals surface area contributed by atoms with Gasteiger partial charge in [0.1, 0.15) is 5.75 Å². The lowest BCUT2D eigenvalue weighted by atomic mass is 9.99. The van der Waals surface area contributed by atoms with Crippen LogP contribution in [0.1, 0.15) is 13.8 Å². The van der Waals surface area contributed by atoms with Gasteiger partial charge in [0.15, 0.2) is 0 Å². The Morgan fingerprint density at radius 2 is 2.00 bits per heavy atom. The second-order valence-electron chi connectivity index (χ2n) is 4.04. The first kappa shape index (κ1) is 14.1. The topological polar surface area (TPSA) is 9.23 Å². The molecule has 0 aliphatic heterocycles. The molecule has 4 heteroatoms. The molecule has 0 bridgehead atoms. The van der Waals surface area contributed by atoms with Gasteiger partial charge >= 0.3 is 0 Å². The number of hydrogen-bond donors (Lipinski definition) is 0. The van der Waals surface area contributed by atoms with Crippen LogP contribution < -0.4 is 4.74 Å². The molecule has 90 valence electrons. The summed E-state index contributed by atoms with van der Waals surface area (Å²) in [4.78, 5) is 0. The maximum Gasteiger partial charge on any atom is 0.139 e. The molecule has 0 fully saturated rings. The smallest absolute Gasteiger partial charge is 0.139 e. The third-order valence-corrected chi connectivity index (χ3v) is 3.87. The van der Waals surface area contributed by atoms with Crippen molar-refractivity contribution in [2.45, 2.75) is 13.8 Å². The van der Waals surface area contributed by atoms with Crippen LogP contribution >= 0.6 is 39.1 Å². The van der Waals surface area contributed by atoms with Crippen LogP contribution in [-0.4, -0.2) is 11.9 Å². The van der Waals surface area contributed by atoms with E-state index in [-0.39, 0.29) is 0 Å². The van der Waals surface area contributed by atoms with Gasteiger partial charge in [-0.2, -0.15) is 0 Å². The van der Waals surface area contributed by atoms with Crippen molar-refractivity contribution in [1.82, 2.24) is 0 Å². The molecule has 16 heavy (non-hydrogen) atoms. The summed E-state index contributed by atoms with van der Waals surface area (Å²) in [6, 6.07) is 5.24. The molecule has 1 rings (SSSR count). The third-order valence-electron chi connectivity index (χ3n) is 2.49. The number of halogens is 3. The average molecular weight is 326 g/mol. The molecule has 1 aromatic carbocycles. The van der Waals surface area contributed by atoms with Crippen molar-refractivity contribution in [3.8, 4) is 5.75 Å². The van der Waals surface area contributed by atoms with Crippen LogP contribution in [0.15, 0.2) is 18.2 Å². The van der Waals surface area contributed by atoms with Crippen LogP contribution in [0.2, 0.25) is 10.0 Å². The van der Waals surface area contributed by atoms with E-state index in [0.29, 0.717) is 34.2 Å². The summed E-state index contributed by atoms with van der Waals surface area (Å²) in [6.45, 7) is 4.99. The highest BCUT2D eigenvalue weighted by molar-refractivity contribution is 9.09. The maximum absolute atomic E-state index is 6.01. The average Bonchev–Trinajstić information content (AvgIpc) is 2.23. The highest BCUT2D eigenvalue weighted by Crippen LogP contribution is 2.28. The van der Waals surface area contributed by atoms with Crippen molar-refractivity contribution < 1.29 is 4.74 Å². The molecule has 0 aliphatic carbocycles. The molecule has 0 radical (unpaired) electrons. The summed E-state index contributed by atoms with van der Waals surface area (Å²) in [5.41, 5.74) is 0. The quantitative estimate of drug-likeness (QED) is 0.689. The SMILES string of the molecule is CC(C)C(CBr)COc1cc(Cl)ccc1Cl. The predicted molar refractivity (Wildman–Crippen MR) is 74.1 cm³/mol. The zero-order chi connectivity index (χ0) is 12.1. The zero-order valence-corrected chi connectivity index (χ0v) is 12.4. The molecular weight excluding hydrogens is 311 g/mol. The minimum atomic E-state index is 0.468. The molecule has 0 amide bonds. The summed E-state index contributed by atoms with van der Waals surface area (Å²) in [5, 5.41) is 2.16. The van der Waals surface area contributed by atoms with Gasteiger partial charge in [0.25, 0.3) is 0 Å². The highest BCUT2D eigenvalue weighted by atomic mass is 79.9. The molecule has 0 saturated carbocycles. The van der Waals surface area contributed by atoms with Crippen molar-refractivity contribution >= 4 is 39.1 Å². The minimum absolute atomic E-state index is 0.468. The Morgan fingerprint density at radius 1 is 1.31 bits per heavy atom. The Bertz CT molecular complexity index is 342. The van der Waals surface area contributed by atoms with Gasteiger partial charge in [0, 0.05) is 22.3 Å². The van der Waals surface area contributed by atoms with Crippen LogP contribution in [0, 0.1) is 11.8 Å². The van der Waals surface area contributed by atoms with E-state index in [1.54, 1.807) is 18.2 Å². The Hall–Kier alpha value is 0.0800. The lowest BCUT2D eigenvalue weighted by Gasteiger charge is -2.19. The Kier molecular flexibility index (Phi) is 5.95. The fourth-order valence-corrected chi connectivity index (χ4v) is 2.47. The van der Waals surface area contributed by atoms with E-state index in [0.717, 1.165) is 5.33 Å². The van der Waals surface area contributed by atoms with E-state index in [9.17, 15) is 0 Å². The molecular formula is C12H15BrCl2O. The van der Waals surface area contributed by atoms with Gasteiger partial charge in [-0.3, -0.25) is 0 Å².